The third-order valence-electron chi connectivity index (χ3n) is 4.23. The number of hydrogen-bond acceptors (Lipinski definition) is 2. The molecule has 2 heteroatoms. The highest BCUT2D eigenvalue weighted by molar-refractivity contribution is 5.25. The molecule has 0 aromatic heterocycles. The van der Waals surface area contributed by atoms with Crippen LogP contribution in [0, 0.1) is 5.92 Å². The Morgan fingerprint density at radius 1 is 1.28 bits per heavy atom. The number of nitrogens with zero attached hydrogens (tertiary/aromatic N) is 1. The average molecular weight is 247 g/mol. The lowest BCUT2D eigenvalue weighted by Gasteiger charge is -2.36. The van der Waals surface area contributed by atoms with E-state index in [1.54, 1.807) is 0 Å². The van der Waals surface area contributed by atoms with E-state index in [4.69, 9.17) is 0 Å². The Balaban J connectivity index is 1.98. The lowest BCUT2D eigenvalue weighted by atomic mass is 9.81. The van der Waals surface area contributed by atoms with Gasteiger partial charge in [-0.2, -0.15) is 0 Å². The van der Waals surface area contributed by atoms with Crippen LogP contribution in [-0.2, 0) is 5.41 Å². The molecule has 1 aromatic rings. The van der Waals surface area contributed by atoms with E-state index in [9.17, 15) is 5.11 Å². The molecule has 0 radical (unpaired) electrons. The van der Waals surface area contributed by atoms with Gasteiger partial charge in [0.1, 0.15) is 0 Å². The van der Waals surface area contributed by atoms with Crippen LogP contribution in [0.4, 0.5) is 0 Å². The van der Waals surface area contributed by atoms with Crippen LogP contribution in [0.25, 0.3) is 0 Å². The lowest BCUT2D eigenvalue weighted by molar-refractivity contribution is 0.133. The van der Waals surface area contributed by atoms with E-state index >= 15 is 0 Å². The Morgan fingerprint density at radius 2 is 1.94 bits per heavy atom. The minimum absolute atomic E-state index is 0.153. The SMILES string of the molecule is CN(CC1CCC1)CC(C)(CO)c1ccccc1. The van der Waals surface area contributed by atoms with Gasteiger partial charge >= 0.3 is 0 Å². The lowest BCUT2D eigenvalue weighted by Crippen LogP contribution is -2.42. The maximum atomic E-state index is 9.77. The van der Waals surface area contributed by atoms with Crippen LogP contribution in [0.2, 0.25) is 0 Å². The van der Waals surface area contributed by atoms with Gasteiger partial charge in [-0.25, -0.2) is 0 Å². The molecule has 2 rings (SSSR count). The van der Waals surface area contributed by atoms with Crippen LogP contribution in [0.3, 0.4) is 0 Å². The molecule has 0 saturated heterocycles. The van der Waals surface area contributed by atoms with Crippen molar-refractivity contribution in [2.45, 2.75) is 31.6 Å². The maximum absolute atomic E-state index is 9.77. The van der Waals surface area contributed by atoms with Crippen molar-refractivity contribution in [3.8, 4) is 0 Å². The summed E-state index contributed by atoms with van der Waals surface area (Å²) in [6, 6.07) is 10.4. The molecule has 1 saturated carbocycles. The molecule has 1 unspecified atom stereocenters. The van der Waals surface area contributed by atoms with Crippen molar-refractivity contribution in [3.05, 3.63) is 35.9 Å². The molecule has 18 heavy (non-hydrogen) atoms. The van der Waals surface area contributed by atoms with Crippen molar-refractivity contribution in [2.75, 3.05) is 26.7 Å². The number of likely N-dealkylation sites (N-methyl/N-ethyl adjacent to an activating group) is 1. The molecule has 0 aliphatic heterocycles. The van der Waals surface area contributed by atoms with Crippen LogP contribution in [0.15, 0.2) is 30.3 Å². The zero-order valence-electron chi connectivity index (χ0n) is 11.6. The van der Waals surface area contributed by atoms with Crippen molar-refractivity contribution in [3.63, 3.8) is 0 Å². The van der Waals surface area contributed by atoms with E-state index in [1.807, 2.05) is 6.07 Å². The zero-order valence-corrected chi connectivity index (χ0v) is 11.6. The molecule has 0 amide bonds. The Kier molecular flexibility index (Phi) is 4.41. The molecule has 1 fully saturated rings. The first-order valence-corrected chi connectivity index (χ1v) is 6.99. The summed E-state index contributed by atoms with van der Waals surface area (Å²) in [6.45, 7) is 4.44. The largest absolute Gasteiger partial charge is 0.395 e. The number of aliphatic hydroxyl groups excluding tert-OH is 1. The second-order valence-electron chi connectivity index (χ2n) is 6.08. The summed E-state index contributed by atoms with van der Waals surface area (Å²) in [5, 5.41) is 9.77. The van der Waals surface area contributed by atoms with Gasteiger partial charge in [0.15, 0.2) is 0 Å². The smallest absolute Gasteiger partial charge is 0.0537 e. The van der Waals surface area contributed by atoms with Gasteiger partial charge in [0, 0.05) is 18.5 Å². The van der Waals surface area contributed by atoms with Gasteiger partial charge in [-0.15, -0.1) is 0 Å². The Hall–Kier alpha value is -0.860. The quantitative estimate of drug-likeness (QED) is 0.835. The van der Waals surface area contributed by atoms with E-state index in [2.05, 4.69) is 43.1 Å². The highest BCUT2D eigenvalue weighted by atomic mass is 16.3. The minimum atomic E-state index is -0.153. The van der Waals surface area contributed by atoms with Gasteiger partial charge in [0.2, 0.25) is 0 Å². The minimum Gasteiger partial charge on any atom is -0.395 e. The summed E-state index contributed by atoms with van der Waals surface area (Å²) in [7, 11) is 2.18. The van der Waals surface area contributed by atoms with Crippen LogP contribution < -0.4 is 0 Å². The van der Waals surface area contributed by atoms with E-state index in [1.165, 1.54) is 31.4 Å². The monoisotopic (exact) mass is 247 g/mol. The van der Waals surface area contributed by atoms with Gasteiger partial charge in [0.25, 0.3) is 0 Å². The van der Waals surface area contributed by atoms with Crippen molar-refractivity contribution < 1.29 is 5.11 Å². The van der Waals surface area contributed by atoms with E-state index in [0.29, 0.717) is 0 Å². The molecule has 1 N–H and O–H groups in total. The molecule has 100 valence electrons. The number of benzene rings is 1. The van der Waals surface area contributed by atoms with Gasteiger partial charge in [-0.05, 0) is 31.4 Å². The maximum Gasteiger partial charge on any atom is 0.0537 e. The standard InChI is InChI=1S/C16H25NO/c1-16(13-18,15-9-4-3-5-10-15)12-17(2)11-14-7-6-8-14/h3-5,9-10,14,18H,6-8,11-13H2,1-2H3. The fourth-order valence-electron chi connectivity index (χ4n) is 2.85. The molecule has 1 aliphatic rings. The fourth-order valence-corrected chi connectivity index (χ4v) is 2.85. The Bertz CT molecular complexity index is 361. The third-order valence-corrected chi connectivity index (χ3v) is 4.23. The normalized spacial score (nSPS) is 19.6. The second kappa shape index (κ2) is 5.85. The molecule has 1 aliphatic carbocycles. The van der Waals surface area contributed by atoms with E-state index < -0.39 is 0 Å². The molecule has 0 bridgehead atoms. The van der Waals surface area contributed by atoms with Gasteiger partial charge in [0.05, 0.1) is 6.61 Å². The summed E-state index contributed by atoms with van der Waals surface area (Å²) in [5.74, 6) is 0.883. The number of aliphatic hydroxyl groups is 1. The van der Waals surface area contributed by atoms with Crippen molar-refractivity contribution >= 4 is 0 Å². The highest BCUT2D eigenvalue weighted by Gasteiger charge is 2.29. The molecule has 2 nitrogen and oxygen atoms in total. The first kappa shape index (κ1) is 13.6. The number of hydrogen-bond donors (Lipinski definition) is 1. The van der Waals surface area contributed by atoms with Crippen molar-refractivity contribution in [1.29, 1.82) is 0 Å². The first-order chi connectivity index (χ1) is 8.64. The van der Waals surface area contributed by atoms with E-state index in [0.717, 1.165) is 12.5 Å². The second-order valence-corrected chi connectivity index (χ2v) is 6.08. The van der Waals surface area contributed by atoms with Crippen molar-refractivity contribution in [1.82, 2.24) is 4.90 Å². The summed E-state index contributed by atoms with van der Waals surface area (Å²) in [5.41, 5.74) is 1.08. The average Bonchev–Trinajstić information content (AvgIpc) is 2.35. The summed E-state index contributed by atoms with van der Waals surface area (Å²) in [4.78, 5) is 2.38. The van der Waals surface area contributed by atoms with Crippen LogP contribution in [0.5, 0.6) is 0 Å². The van der Waals surface area contributed by atoms with Gasteiger partial charge < -0.3 is 10.0 Å². The summed E-state index contributed by atoms with van der Waals surface area (Å²) in [6.07, 6.45) is 4.16. The molecular weight excluding hydrogens is 222 g/mol. The Labute approximate surface area is 111 Å². The van der Waals surface area contributed by atoms with Crippen LogP contribution >= 0.6 is 0 Å². The highest BCUT2D eigenvalue weighted by Crippen LogP contribution is 2.29. The first-order valence-electron chi connectivity index (χ1n) is 6.99. The molecular formula is C16H25NO. The van der Waals surface area contributed by atoms with Gasteiger partial charge in [-0.3, -0.25) is 0 Å². The molecule has 0 heterocycles. The Morgan fingerprint density at radius 3 is 2.44 bits per heavy atom. The van der Waals surface area contributed by atoms with Gasteiger partial charge in [-0.1, -0.05) is 43.7 Å². The van der Waals surface area contributed by atoms with Crippen LogP contribution in [-0.4, -0.2) is 36.8 Å². The summed E-state index contributed by atoms with van der Waals surface area (Å²) >= 11 is 0. The fraction of sp³-hybridized carbons (Fsp3) is 0.625. The molecule has 1 atom stereocenters. The van der Waals surface area contributed by atoms with Crippen molar-refractivity contribution in [2.24, 2.45) is 5.92 Å². The molecule has 1 aromatic carbocycles. The predicted octanol–water partition coefficient (Wildman–Crippen LogP) is 2.67. The molecule has 0 spiro atoms. The van der Waals surface area contributed by atoms with E-state index in [-0.39, 0.29) is 12.0 Å². The predicted molar refractivity (Wildman–Crippen MR) is 75.7 cm³/mol. The zero-order chi connectivity index (χ0) is 13.0. The number of rotatable bonds is 6. The summed E-state index contributed by atoms with van der Waals surface area (Å²) < 4.78 is 0. The topological polar surface area (TPSA) is 23.5 Å². The van der Waals surface area contributed by atoms with Crippen LogP contribution in [0.1, 0.15) is 31.7 Å². The third kappa shape index (κ3) is 3.12.